The third kappa shape index (κ3) is 3.03. The molecular weight excluding hydrogens is 320 g/mol. The lowest BCUT2D eigenvalue weighted by Crippen LogP contribution is -2.46. The Hall–Kier alpha value is -3.35. The molecule has 0 spiro atoms. The summed E-state index contributed by atoms with van der Waals surface area (Å²) in [6.45, 7) is 0. The summed E-state index contributed by atoms with van der Waals surface area (Å²) in [7, 11) is 0. The minimum atomic E-state index is -0.864. The van der Waals surface area contributed by atoms with Gasteiger partial charge in [-0.05, 0) is 37.1 Å². The molecule has 3 aromatic rings. The Bertz CT molecular complexity index is 896. The van der Waals surface area contributed by atoms with E-state index in [2.05, 4.69) is 20.8 Å². The first-order valence-electron chi connectivity index (χ1n) is 7.95. The lowest BCUT2D eigenvalue weighted by Gasteiger charge is -2.16. The van der Waals surface area contributed by atoms with Crippen LogP contribution in [0.25, 0.3) is 11.5 Å². The topological polar surface area (TPSA) is 100 Å². The number of benzene rings is 1. The minimum Gasteiger partial charge on any atom is -0.463 e. The Morgan fingerprint density at radius 1 is 1.12 bits per heavy atom. The van der Waals surface area contributed by atoms with Gasteiger partial charge in [0.1, 0.15) is 11.2 Å². The molecule has 0 unspecified atom stereocenters. The number of aromatic amines is 1. The van der Waals surface area contributed by atoms with Crippen LogP contribution in [0.3, 0.4) is 0 Å². The van der Waals surface area contributed by atoms with Gasteiger partial charge in [-0.3, -0.25) is 14.7 Å². The van der Waals surface area contributed by atoms with Gasteiger partial charge in [-0.2, -0.15) is 5.10 Å². The molecule has 0 bridgehead atoms. The summed E-state index contributed by atoms with van der Waals surface area (Å²) in [6, 6.07) is 14.3. The van der Waals surface area contributed by atoms with Gasteiger partial charge in [0.15, 0.2) is 11.5 Å². The largest absolute Gasteiger partial charge is 0.463 e. The summed E-state index contributed by atoms with van der Waals surface area (Å²) in [5.41, 5.74) is 0.656. The van der Waals surface area contributed by atoms with Crippen LogP contribution in [0.5, 0.6) is 0 Å². The molecule has 126 valence electrons. The number of para-hydroxylation sites is 1. The monoisotopic (exact) mass is 336 g/mol. The van der Waals surface area contributed by atoms with Crippen LogP contribution in [0.15, 0.2) is 59.2 Å². The number of carbonyl (C=O) groups is 2. The van der Waals surface area contributed by atoms with Gasteiger partial charge in [0, 0.05) is 11.8 Å². The van der Waals surface area contributed by atoms with Gasteiger partial charge in [-0.25, -0.2) is 0 Å². The third-order valence-electron chi connectivity index (χ3n) is 4.17. The second kappa shape index (κ2) is 5.94. The van der Waals surface area contributed by atoms with Gasteiger partial charge in [-0.1, -0.05) is 18.2 Å². The lowest BCUT2D eigenvalue weighted by molar-refractivity contribution is -0.118. The molecule has 1 saturated carbocycles. The molecule has 1 aromatic carbocycles. The van der Waals surface area contributed by atoms with E-state index in [4.69, 9.17) is 4.42 Å². The maximum Gasteiger partial charge on any atom is 0.272 e. The van der Waals surface area contributed by atoms with E-state index < -0.39 is 11.4 Å². The van der Waals surface area contributed by atoms with Gasteiger partial charge < -0.3 is 15.1 Å². The molecule has 25 heavy (non-hydrogen) atoms. The van der Waals surface area contributed by atoms with Crippen molar-refractivity contribution in [1.82, 2.24) is 15.5 Å². The molecule has 0 saturated heterocycles. The van der Waals surface area contributed by atoms with E-state index in [1.54, 1.807) is 36.6 Å². The predicted molar refractivity (Wildman–Crippen MR) is 90.8 cm³/mol. The Balaban J connectivity index is 1.44. The summed E-state index contributed by atoms with van der Waals surface area (Å²) in [5.74, 6) is -0.0156. The number of anilines is 1. The second-order valence-corrected chi connectivity index (χ2v) is 6.00. The summed E-state index contributed by atoms with van der Waals surface area (Å²) < 4.78 is 5.26. The molecule has 0 radical (unpaired) electrons. The molecule has 2 heterocycles. The number of hydrogen-bond acceptors (Lipinski definition) is 4. The van der Waals surface area contributed by atoms with Crippen molar-refractivity contribution in [3.05, 3.63) is 60.5 Å². The quantitative estimate of drug-likeness (QED) is 0.666. The van der Waals surface area contributed by atoms with Crippen molar-refractivity contribution in [3.63, 3.8) is 0 Å². The average Bonchev–Trinajstić information content (AvgIpc) is 3.06. The van der Waals surface area contributed by atoms with Gasteiger partial charge in [0.05, 0.1) is 6.26 Å². The van der Waals surface area contributed by atoms with Crippen molar-refractivity contribution in [2.24, 2.45) is 0 Å². The first-order chi connectivity index (χ1) is 12.2. The van der Waals surface area contributed by atoms with Crippen LogP contribution in [-0.4, -0.2) is 27.6 Å². The van der Waals surface area contributed by atoms with Gasteiger partial charge in [0.25, 0.3) is 5.91 Å². The molecule has 2 amide bonds. The fraction of sp³-hybridized carbons (Fsp3) is 0.167. The van der Waals surface area contributed by atoms with E-state index in [1.807, 2.05) is 18.2 Å². The highest BCUT2D eigenvalue weighted by molar-refractivity contribution is 6.05. The number of hydrogen-bond donors (Lipinski definition) is 3. The Morgan fingerprint density at radius 3 is 2.60 bits per heavy atom. The molecular formula is C18H16N4O3. The molecule has 7 nitrogen and oxygen atoms in total. The van der Waals surface area contributed by atoms with Gasteiger partial charge >= 0.3 is 0 Å². The Labute approximate surface area is 143 Å². The zero-order valence-electron chi connectivity index (χ0n) is 13.3. The average molecular weight is 336 g/mol. The van der Waals surface area contributed by atoms with Gasteiger partial charge in [0.2, 0.25) is 5.91 Å². The van der Waals surface area contributed by atoms with Gasteiger partial charge in [-0.15, -0.1) is 0 Å². The van der Waals surface area contributed by atoms with Crippen LogP contribution in [0, 0.1) is 0 Å². The van der Waals surface area contributed by atoms with Crippen molar-refractivity contribution >= 4 is 17.5 Å². The van der Waals surface area contributed by atoms with Crippen molar-refractivity contribution < 1.29 is 14.0 Å². The first-order valence-corrected chi connectivity index (χ1v) is 7.95. The Morgan fingerprint density at radius 2 is 1.92 bits per heavy atom. The smallest absolute Gasteiger partial charge is 0.272 e. The number of rotatable bonds is 5. The first kappa shape index (κ1) is 15.2. The highest BCUT2D eigenvalue weighted by atomic mass is 16.3. The lowest BCUT2D eigenvalue weighted by atomic mass is 10.2. The number of carbonyl (C=O) groups excluding carboxylic acids is 2. The number of nitrogens with zero attached hydrogens (tertiary/aromatic N) is 1. The number of aromatic nitrogens is 2. The zero-order chi connectivity index (χ0) is 17.3. The van der Waals surface area contributed by atoms with E-state index in [9.17, 15) is 9.59 Å². The van der Waals surface area contributed by atoms with Crippen LogP contribution in [0.2, 0.25) is 0 Å². The van der Waals surface area contributed by atoms with E-state index in [0.717, 1.165) is 0 Å². The number of nitrogens with one attached hydrogen (secondary N) is 3. The fourth-order valence-corrected chi connectivity index (χ4v) is 2.58. The summed E-state index contributed by atoms with van der Waals surface area (Å²) in [5, 5.41) is 12.4. The molecule has 4 rings (SSSR count). The number of H-pyrrole nitrogens is 1. The van der Waals surface area contributed by atoms with Crippen molar-refractivity contribution in [3.8, 4) is 11.5 Å². The van der Waals surface area contributed by atoms with E-state index in [0.29, 0.717) is 30.0 Å². The SMILES string of the molecule is O=C(NC1(C(=O)Nc2ccccc2)CC1)c1cc(-c2ccco2)[nH]n1. The molecule has 3 N–H and O–H groups in total. The third-order valence-corrected chi connectivity index (χ3v) is 4.17. The summed E-state index contributed by atoms with van der Waals surface area (Å²) in [6.07, 6.45) is 2.75. The molecule has 2 aromatic heterocycles. The molecule has 1 aliphatic carbocycles. The van der Waals surface area contributed by atoms with Crippen LogP contribution in [-0.2, 0) is 4.79 Å². The molecule has 0 atom stereocenters. The number of amides is 2. The molecule has 0 aliphatic heterocycles. The Kier molecular flexibility index (Phi) is 3.61. The van der Waals surface area contributed by atoms with Crippen LogP contribution in [0.4, 0.5) is 5.69 Å². The minimum absolute atomic E-state index is 0.213. The van der Waals surface area contributed by atoms with E-state index >= 15 is 0 Å². The van der Waals surface area contributed by atoms with E-state index in [-0.39, 0.29) is 11.6 Å². The fourth-order valence-electron chi connectivity index (χ4n) is 2.58. The molecule has 1 fully saturated rings. The second-order valence-electron chi connectivity index (χ2n) is 6.00. The predicted octanol–water partition coefficient (Wildman–Crippen LogP) is 2.57. The van der Waals surface area contributed by atoms with Crippen LogP contribution < -0.4 is 10.6 Å². The maximum absolute atomic E-state index is 12.5. The van der Waals surface area contributed by atoms with Crippen molar-refractivity contribution in [2.45, 2.75) is 18.4 Å². The highest BCUT2D eigenvalue weighted by Gasteiger charge is 2.51. The van der Waals surface area contributed by atoms with Crippen molar-refractivity contribution in [2.75, 3.05) is 5.32 Å². The summed E-state index contributed by atoms with van der Waals surface area (Å²) >= 11 is 0. The standard InChI is InChI=1S/C18H16N4O3/c23-16(14-11-13(21-22-14)15-7-4-10-25-15)20-18(8-9-18)17(24)19-12-5-2-1-3-6-12/h1-7,10-11H,8-9H2,(H,19,24)(H,20,23)(H,21,22). The maximum atomic E-state index is 12.5. The molecule has 7 heteroatoms. The highest BCUT2D eigenvalue weighted by Crippen LogP contribution is 2.37. The normalized spacial score (nSPS) is 14.7. The van der Waals surface area contributed by atoms with E-state index in [1.165, 1.54) is 0 Å². The zero-order valence-corrected chi connectivity index (χ0v) is 13.3. The molecule has 1 aliphatic rings. The number of furan rings is 1. The van der Waals surface area contributed by atoms with Crippen LogP contribution in [0.1, 0.15) is 23.3 Å². The summed E-state index contributed by atoms with van der Waals surface area (Å²) in [4.78, 5) is 24.9. The van der Waals surface area contributed by atoms with Crippen molar-refractivity contribution in [1.29, 1.82) is 0 Å². The van der Waals surface area contributed by atoms with Crippen LogP contribution >= 0.6 is 0 Å².